The van der Waals surface area contributed by atoms with Crippen LogP contribution in [0.1, 0.15) is 24.7 Å². The number of guanidine groups is 1. The molecule has 0 aromatic carbocycles. The summed E-state index contributed by atoms with van der Waals surface area (Å²) in [5, 5.41) is 6.37. The summed E-state index contributed by atoms with van der Waals surface area (Å²) in [5.41, 5.74) is 0.975. The molecule has 0 bridgehead atoms. The maximum absolute atomic E-state index is 11.6. The van der Waals surface area contributed by atoms with Gasteiger partial charge in [0.05, 0.1) is 18.1 Å². The lowest BCUT2D eigenvalue weighted by Crippen LogP contribution is -2.44. The Kier molecular flexibility index (Phi) is 5.55. The summed E-state index contributed by atoms with van der Waals surface area (Å²) >= 11 is 0. The zero-order valence-corrected chi connectivity index (χ0v) is 15.8. The number of hydrogen-bond acceptors (Lipinski definition) is 5. The van der Waals surface area contributed by atoms with Gasteiger partial charge in [-0.15, -0.1) is 0 Å². The van der Waals surface area contributed by atoms with Crippen molar-refractivity contribution in [3.8, 4) is 5.82 Å². The molecular formula is C17H24N6O2S. The Bertz CT molecular complexity index is 873. The van der Waals surface area contributed by atoms with Crippen LogP contribution in [-0.4, -0.2) is 53.0 Å². The van der Waals surface area contributed by atoms with Gasteiger partial charge in [-0.25, -0.2) is 23.4 Å². The van der Waals surface area contributed by atoms with Crippen molar-refractivity contribution in [1.82, 2.24) is 25.2 Å². The fraction of sp³-hybridized carbons (Fsp3) is 0.471. The van der Waals surface area contributed by atoms with Gasteiger partial charge in [0.25, 0.3) is 0 Å². The van der Waals surface area contributed by atoms with E-state index < -0.39 is 9.84 Å². The van der Waals surface area contributed by atoms with Crippen LogP contribution in [0.5, 0.6) is 0 Å². The van der Waals surface area contributed by atoms with E-state index in [-0.39, 0.29) is 17.5 Å². The topological polar surface area (TPSA) is 101 Å². The van der Waals surface area contributed by atoms with Crippen LogP contribution in [0, 0.1) is 6.92 Å². The first kappa shape index (κ1) is 18.4. The number of nitrogens with one attached hydrogen (secondary N) is 2. The van der Waals surface area contributed by atoms with Gasteiger partial charge in [-0.3, -0.25) is 4.57 Å². The maximum atomic E-state index is 11.6. The second kappa shape index (κ2) is 7.86. The minimum absolute atomic E-state index is 0.0810. The van der Waals surface area contributed by atoms with Crippen molar-refractivity contribution in [3.63, 3.8) is 0 Å². The molecule has 2 aromatic rings. The molecule has 1 saturated heterocycles. The van der Waals surface area contributed by atoms with E-state index in [1.807, 2.05) is 36.7 Å². The van der Waals surface area contributed by atoms with Gasteiger partial charge in [0.15, 0.2) is 15.8 Å². The van der Waals surface area contributed by atoms with Crippen molar-refractivity contribution >= 4 is 15.8 Å². The Morgan fingerprint density at radius 3 is 2.81 bits per heavy atom. The second-order valence-corrected chi connectivity index (χ2v) is 8.54. The summed E-state index contributed by atoms with van der Waals surface area (Å²) in [5.74, 6) is 2.73. The molecule has 140 valence electrons. The van der Waals surface area contributed by atoms with Crippen molar-refractivity contribution in [2.75, 3.05) is 18.1 Å². The van der Waals surface area contributed by atoms with Crippen LogP contribution in [0.2, 0.25) is 0 Å². The van der Waals surface area contributed by atoms with Crippen molar-refractivity contribution in [1.29, 1.82) is 0 Å². The van der Waals surface area contributed by atoms with Crippen LogP contribution in [-0.2, 0) is 16.4 Å². The molecular weight excluding hydrogens is 352 g/mol. The normalized spacial score (nSPS) is 19.5. The summed E-state index contributed by atoms with van der Waals surface area (Å²) in [6.45, 7) is 5.08. The van der Waals surface area contributed by atoms with Gasteiger partial charge in [0, 0.05) is 31.2 Å². The molecule has 1 aliphatic rings. The zero-order chi connectivity index (χ0) is 18.6. The number of nitrogens with zero attached hydrogens (tertiary/aromatic N) is 4. The standard InChI is InChI=1S/C17H24N6O2S/c1-3-18-17(22-15-6-9-26(24,25)12-15)21-11-14-4-5-16(20-10-14)23-8-7-19-13(23)2/h4-5,7-8,10,15H,3,6,9,11-12H2,1-2H3,(H2,18,21,22). The van der Waals surface area contributed by atoms with E-state index in [4.69, 9.17) is 0 Å². The minimum Gasteiger partial charge on any atom is -0.357 e. The largest absolute Gasteiger partial charge is 0.357 e. The predicted molar refractivity (Wildman–Crippen MR) is 101 cm³/mol. The fourth-order valence-electron chi connectivity index (χ4n) is 2.87. The first-order valence-electron chi connectivity index (χ1n) is 8.67. The Labute approximate surface area is 153 Å². The third kappa shape index (κ3) is 4.60. The molecule has 26 heavy (non-hydrogen) atoms. The average molecular weight is 376 g/mol. The number of sulfone groups is 1. The number of aryl methyl sites for hydroxylation is 1. The first-order chi connectivity index (χ1) is 12.5. The molecule has 0 radical (unpaired) electrons. The van der Waals surface area contributed by atoms with Crippen LogP contribution in [0.3, 0.4) is 0 Å². The quantitative estimate of drug-likeness (QED) is 0.592. The smallest absolute Gasteiger partial charge is 0.191 e. The third-order valence-corrected chi connectivity index (χ3v) is 5.99. The number of aliphatic imine (C=N–C) groups is 1. The van der Waals surface area contributed by atoms with E-state index in [9.17, 15) is 8.42 Å². The molecule has 1 unspecified atom stereocenters. The van der Waals surface area contributed by atoms with Gasteiger partial charge in [0.2, 0.25) is 0 Å². The van der Waals surface area contributed by atoms with Crippen LogP contribution in [0.4, 0.5) is 0 Å². The Morgan fingerprint density at radius 2 is 2.23 bits per heavy atom. The highest BCUT2D eigenvalue weighted by atomic mass is 32.2. The van der Waals surface area contributed by atoms with E-state index >= 15 is 0 Å². The van der Waals surface area contributed by atoms with Gasteiger partial charge in [-0.1, -0.05) is 6.07 Å². The molecule has 2 aromatic heterocycles. The van der Waals surface area contributed by atoms with Gasteiger partial charge < -0.3 is 10.6 Å². The van der Waals surface area contributed by atoms with Crippen molar-refractivity contribution < 1.29 is 8.42 Å². The van der Waals surface area contributed by atoms with E-state index in [0.29, 0.717) is 25.5 Å². The number of rotatable bonds is 5. The highest BCUT2D eigenvalue weighted by Crippen LogP contribution is 2.12. The van der Waals surface area contributed by atoms with E-state index in [1.165, 1.54) is 0 Å². The summed E-state index contributed by atoms with van der Waals surface area (Å²) in [6.07, 6.45) is 6.03. The van der Waals surface area contributed by atoms with E-state index in [0.717, 1.165) is 17.2 Å². The lowest BCUT2D eigenvalue weighted by atomic mass is 10.2. The lowest BCUT2D eigenvalue weighted by Gasteiger charge is -2.15. The number of imidazole rings is 1. The molecule has 0 amide bonds. The molecule has 9 heteroatoms. The first-order valence-corrected chi connectivity index (χ1v) is 10.5. The van der Waals surface area contributed by atoms with Crippen LogP contribution < -0.4 is 10.6 Å². The van der Waals surface area contributed by atoms with E-state index in [1.54, 1.807) is 12.4 Å². The number of pyridine rings is 1. The molecule has 0 aliphatic carbocycles. The fourth-order valence-corrected chi connectivity index (χ4v) is 4.54. The molecule has 2 N–H and O–H groups in total. The molecule has 1 fully saturated rings. The van der Waals surface area contributed by atoms with Crippen molar-refractivity contribution in [3.05, 3.63) is 42.1 Å². The number of hydrogen-bond donors (Lipinski definition) is 2. The van der Waals surface area contributed by atoms with Gasteiger partial charge >= 0.3 is 0 Å². The zero-order valence-electron chi connectivity index (χ0n) is 15.0. The third-order valence-electron chi connectivity index (χ3n) is 4.22. The monoisotopic (exact) mass is 376 g/mol. The van der Waals surface area contributed by atoms with Crippen molar-refractivity contribution in [2.45, 2.75) is 32.9 Å². The number of aromatic nitrogens is 3. The highest BCUT2D eigenvalue weighted by molar-refractivity contribution is 7.91. The molecule has 3 rings (SSSR count). The van der Waals surface area contributed by atoms with Gasteiger partial charge in [-0.2, -0.15) is 0 Å². The summed E-state index contributed by atoms with van der Waals surface area (Å²) in [6, 6.07) is 3.83. The molecule has 8 nitrogen and oxygen atoms in total. The van der Waals surface area contributed by atoms with Crippen LogP contribution in [0.25, 0.3) is 5.82 Å². The average Bonchev–Trinajstić information content (AvgIpc) is 3.18. The Hall–Kier alpha value is -2.42. The Balaban J connectivity index is 1.65. The van der Waals surface area contributed by atoms with E-state index in [2.05, 4.69) is 25.6 Å². The molecule has 3 heterocycles. The summed E-state index contributed by atoms with van der Waals surface area (Å²) < 4.78 is 25.1. The highest BCUT2D eigenvalue weighted by Gasteiger charge is 2.28. The Morgan fingerprint density at radius 1 is 1.38 bits per heavy atom. The second-order valence-electron chi connectivity index (χ2n) is 6.31. The molecule has 1 atom stereocenters. The van der Waals surface area contributed by atoms with Crippen LogP contribution in [0.15, 0.2) is 35.7 Å². The molecule has 0 saturated carbocycles. The minimum atomic E-state index is -2.92. The maximum Gasteiger partial charge on any atom is 0.191 e. The van der Waals surface area contributed by atoms with Gasteiger partial charge in [-0.05, 0) is 31.9 Å². The predicted octanol–water partition coefficient (Wildman–Crippen LogP) is 0.818. The SMILES string of the molecule is CCNC(=NCc1ccc(-n2ccnc2C)nc1)NC1CCS(=O)(=O)C1. The molecule has 0 spiro atoms. The van der Waals surface area contributed by atoms with Crippen LogP contribution >= 0.6 is 0 Å². The summed E-state index contributed by atoms with van der Waals surface area (Å²) in [4.78, 5) is 13.2. The summed E-state index contributed by atoms with van der Waals surface area (Å²) in [7, 11) is -2.92. The van der Waals surface area contributed by atoms with Gasteiger partial charge in [0.1, 0.15) is 11.6 Å². The molecule has 1 aliphatic heterocycles. The lowest BCUT2D eigenvalue weighted by molar-refractivity contribution is 0.599. The van der Waals surface area contributed by atoms with Crippen molar-refractivity contribution in [2.24, 2.45) is 4.99 Å².